The summed E-state index contributed by atoms with van der Waals surface area (Å²) in [6.45, 7) is 2.32. The van der Waals surface area contributed by atoms with Crippen LogP contribution in [0.25, 0.3) is 11.0 Å². The molecule has 196 valence electrons. The Morgan fingerprint density at radius 1 is 1.16 bits per heavy atom. The van der Waals surface area contributed by atoms with Crippen molar-refractivity contribution in [3.8, 4) is 0 Å². The molecule has 0 spiro atoms. The molecule has 1 aliphatic carbocycles. The molecule has 1 aliphatic heterocycles. The summed E-state index contributed by atoms with van der Waals surface area (Å²) >= 11 is 0. The summed E-state index contributed by atoms with van der Waals surface area (Å²) in [7, 11) is 0. The lowest BCUT2D eigenvalue weighted by Crippen LogP contribution is -2.43. The summed E-state index contributed by atoms with van der Waals surface area (Å²) < 4.78 is 22.0. The van der Waals surface area contributed by atoms with E-state index in [1.165, 1.54) is 0 Å². The molecule has 0 radical (unpaired) electrons. The number of carbonyl (C=O) groups excluding carboxylic acids is 2. The number of hydrogen-bond donors (Lipinski definition) is 4. The summed E-state index contributed by atoms with van der Waals surface area (Å²) in [5.41, 5.74) is 12.9. The van der Waals surface area contributed by atoms with Crippen LogP contribution >= 0.6 is 0 Å². The third kappa shape index (κ3) is 5.35. The minimum atomic E-state index is -0.811. The van der Waals surface area contributed by atoms with E-state index in [1.54, 1.807) is 27.9 Å². The number of nitrogens with one attached hydrogen (secondary N) is 2. The lowest BCUT2D eigenvalue weighted by Gasteiger charge is -2.30. The number of nitrogens with zero attached hydrogens (tertiary/aromatic N) is 4. The molecule has 6 N–H and O–H groups in total. The average Bonchev–Trinajstić information content (AvgIpc) is 3.31. The van der Waals surface area contributed by atoms with E-state index in [1.807, 2.05) is 6.07 Å². The number of anilines is 3. The Morgan fingerprint density at radius 3 is 2.70 bits per heavy atom. The summed E-state index contributed by atoms with van der Waals surface area (Å²) in [6.07, 6.45) is 7.07. The lowest BCUT2D eigenvalue weighted by atomic mass is 9.91. The standard InChI is InChI=1S/C25H31FN8O3/c26-17-13-16(22(28)36)23(32-24(17)31-20-4-2-1-3-18(20)27)30-19-5-7-29-25-15(19)6-8-34(25)14-21(35)33-9-11-37-12-10-33/h5-8,13,18,20H,1-4,9-12,14,27H2,(H2,28,36)(H2,29,30,31,32)/t18-,20?/m0/s1. The van der Waals surface area contributed by atoms with Crippen LogP contribution in [0.3, 0.4) is 0 Å². The quantitative estimate of drug-likeness (QED) is 0.376. The zero-order chi connectivity index (χ0) is 25.9. The topological polar surface area (TPSA) is 153 Å². The normalized spacial score (nSPS) is 20.1. The molecule has 11 nitrogen and oxygen atoms in total. The first-order chi connectivity index (χ1) is 17.9. The Kier molecular flexibility index (Phi) is 7.19. The Hall–Kier alpha value is -3.77. The predicted molar refractivity (Wildman–Crippen MR) is 137 cm³/mol. The van der Waals surface area contributed by atoms with Crippen molar-refractivity contribution in [2.24, 2.45) is 11.5 Å². The largest absolute Gasteiger partial charge is 0.378 e. The van der Waals surface area contributed by atoms with Crippen LogP contribution in [0.15, 0.2) is 30.6 Å². The molecule has 37 heavy (non-hydrogen) atoms. The van der Waals surface area contributed by atoms with Crippen molar-refractivity contribution >= 4 is 40.2 Å². The SMILES string of the molecule is NC(=O)c1cc(F)c(NC2CCCC[C@@H]2N)nc1Nc1ccnc2c1ccn2CC(=O)N1CCOCC1. The number of halogens is 1. The molecule has 2 amide bonds. The Balaban J connectivity index is 1.42. The molecule has 2 aliphatic rings. The number of fused-ring (bicyclic) bond motifs is 1. The Labute approximate surface area is 213 Å². The van der Waals surface area contributed by atoms with Gasteiger partial charge in [-0.1, -0.05) is 12.8 Å². The van der Waals surface area contributed by atoms with E-state index in [4.69, 9.17) is 16.2 Å². The molecule has 5 rings (SSSR count). The fourth-order valence-corrected chi connectivity index (χ4v) is 4.90. The second-order valence-corrected chi connectivity index (χ2v) is 9.44. The first-order valence-electron chi connectivity index (χ1n) is 12.5. The third-order valence-electron chi connectivity index (χ3n) is 6.97. The van der Waals surface area contributed by atoms with Gasteiger partial charge >= 0.3 is 0 Å². The van der Waals surface area contributed by atoms with Gasteiger partial charge in [0.1, 0.15) is 18.0 Å². The van der Waals surface area contributed by atoms with Crippen LogP contribution in [0.2, 0.25) is 0 Å². The van der Waals surface area contributed by atoms with E-state index in [-0.39, 0.29) is 41.7 Å². The van der Waals surface area contributed by atoms with Crippen LogP contribution < -0.4 is 22.1 Å². The van der Waals surface area contributed by atoms with Crippen molar-refractivity contribution < 1.29 is 18.7 Å². The Bertz CT molecular complexity index is 1310. The van der Waals surface area contributed by atoms with Gasteiger partial charge in [0.15, 0.2) is 11.6 Å². The monoisotopic (exact) mass is 510 g/mol. The van der Waals surface area contributed by atoms with Crippen LogP contribution in [-0.4, -0.2) is 69.6 Å². The van der Waals surface area contributed by atoms with Gasteiger partial charge in [0.25, 0.3) is 5.91 Å². The highest BCUT2D eigenvalue weighted by molar-refractivity contribution is 6.00. The number of primary amides is 1. The highest BCUT2D eigenvalue weighted by Gasteiger charge is 2.25. The fourth-order valence-electron chi connectivity index (χ4n) is 4.90. The molecule has 3 aromatic heterocycles. The van der Waals surface area contributed by atoms with Gasteiger partial charge in [-0.3, -0.25) is 9.59 Å². The van der Waals surface area contributed by atoms with Gasteiger partial charge in [-0.15, -0.1) is 0 Å². The van der Waals surface area contributed by atoms with E-state index in [0.29, 0.717) is 43.0 Å². The van der Waals surface area contributed by atoms with Crippen molar-refractivity contribution in [1.29, 1.82) is 0 Å². The molecule has 12 heteroatoms. The van der Waals surface area contributed by atoms with E-state index in [0.717, 1.165) is 31.7 Å². The average molecular weight is 511 g/mol. The molecule has 1 saturated carbocycles. The molecule has 0 aromatic carbocycles. The molecule has 0 bridgehead atoms. The van der Waals surface area contributed by atoms with E-state index < -0.39 is 11.7 Å². The van der Waals surface area contributed by atoms with Gasteiger partial charge in [0, 0.05) is 43.0 Å². The molecule has 4 heterocycles. The number of aromatic nitrogens is 3. The number of nitrogens with two attached hydrogens (primary N) is 2. The van der Waals surface area contributed by atoms with E-state index in [9.17, 15) is 14.0 Å². The second-order valence-electron chi connectivity index (χ2n) is 9.44. The number of hydrogen-bond acceptors (Lipinski definition) is 8. The molecule has 1 saturated heterocycles. The van der Waals surface area contributed by atoms with Crippen molar-refractivity contribution in [2.75, 3.05) is 36.9 Å². The zero-order valence-corrected chi connectivity index (χ0v) is 20.5. The molecular weight excluding hydrogens is 479 g/mol. The van der Waals surface area contributed by atoms with Crippen LogP contribution in [0.5, 0.6) is 0 Å². The third-order valence-corrected chi connectivity index (χ3v) is 6.97. The van der Waals surface area contributed by atoms with E-state index >= 15 is 0 Å². The van der Waals surface area contributed by atoms with Gasteiger partial charge in [0.05, 0.1) is 24.5 Å². The minimum absolute atomic E-state index is 0.00817. The van der Waals surface area contributed by atoms with Crippen LogP contribution in [0, 0.1) is 5.82 Å². The maximum atomic E-state index is 14.9. The second kappa shape index (κ2) is 10.7. The smallest absolute Gasteiger partial charge is 0.252 e. The van der Waals surface area contributed by atoms with Crippen LogP contribution in [-0.2, 0) is 16.1 Å². The van der Waals surface area contributed by atoms with Crippen molar-refractivity contribution in [2.45, 2.75) is 44.3 Å². The number of morpholine rings is 1. The van der Waals surface area contributed by atoms with Gasteiger partial charge in [-0.2, -0.15) is 0 Å². The van der Waals surface area contributed by atoms with Crippen LogP contribution in [0.1, 0.15) is 36.0 Å². The first-order valence-corrected chi connectivity index (χ1v) is 12.5. The molecule has 1 unspecified atom stereocenters. The maximum absolute atomic E-state index is 14.9. The van der Waals surface area contributed by atoms with Crippen molar-refractivity contribution in [1.82, 2.24) is 19.4 Å². The molecule has 2 atom stereocenters. The highest BCUT2D eigenvalue weighted by Crippen LogP contribution is 2.30. The van der Waals surface area contributed by atoms with Gasteiger partial charge in [0.2, 0.25) is 5.91 Å². The van der Waals surface area contributed by atoms with Gasteiger partial charge in [-0.05, 0) is 31.0 Å². The number of pyridine rings is 2. The zero-order valence-electron chi connectivity index (χ0n) is 20.5. The number of carbonyl (C=O) groups is 2. The maximum Gasteiger partial charge on any atom is 0.252 e. The number of ether oxygens (including phenoxy) is 1. The summed E-state index contributed by atoms with van der Waals surface area (Å²) in [5, 5.41) is 6.95. The fraction of sp³-hybridized carbons (Fsp3) is 0.440. The molecule has 2 fully saturated rings. The van der Waals surface area contributed by atoms with Gasteiger partial charge < -0.3 is 36.3 Å². The first kappa shape index (κ1) is 24.9. The number of amides is 2. The summed E-state index contributed by atoms with van der Waals surface area (Å²) in [4.78, 5) is 35.5. The molecule has 3 aromatic rings. The summed E-state index contributed by atoms with van der Waals surface area (Å²) in [6, 6.07) is 4.40. The Morgan fingerprint density at radius 2 is 1.95 bits per heavy atom. The predicted octanol–water partition coefficient (Wildman–Crippen LogP) is 1.95. The molecular formula is C25H31FN8O3. The lowest BCUT2D eigenvalue weighted by molar-refractivity contribution is -0.135. The van der Waals surface area contributed by atoms with Crippen molar-refractivity contribution in [3.05, 3.63) is 42.0 Å². The van der Waals surface area contributed by atoms with Crippen LogP contribution in [0.4, 0.5) is 21.7 Å². The van der Waals surface area contributed by atoms with Crippen molar-refractivity contribution in [3.63, 3.8) is 0 Å². The number of rotatable bonds is 7. The van der Waals surface area contributed by atoms with Gasteiger partial charge in [-0.25, -0.2) is 14.4 Å². The highest BCUT2D eigenvalue weighted by atomic mass is 19.1. The minimum Gasteiger partial charge on any atom is -0.378 e. The van der Waals surface area contributed by atoms with E-state index in [2.05, 4.69) is 20.6 Å². The summed E-state index contributed by atoms with van der Waals surface area (Å²) in [5.74, 6) is -1.38.